The highest BCUT2D eigenvalue weighted by Crippen LogP contribution is 2.28. The summed E-state index contributed by atoms with van der Waals surface area (Å²) in [5, 5.41) is 3.40. The average molecular weight is 886 g/mol. The van der Waals surface area contributed by atoms with Crippen LogP contribution in [-0.2, 0) is 18.9 Å². The molecule has 11 heteroatoms. The second-order valence-electron chi connectivity index (χ2n) is 12.2. The van der Waals surface area contributed by atoms with Crippen molar-refractivity contribution in [3.05, 3.63) is 150 Å². The van der Waals surface area contributed by atoms with E-state index in [-0.39, 0.29) is 28.6 Å². The van der Waals surface area contributed by atoms with Crippen molar-refractivity contribution in [3.63, 3.8) is 0 Å². The zero-order chi connectivity index (χ0) is 40.8. The molecule has 0 atom stereocenters. The predicted octanol–water partition coefficient (Wildman–Crippen LogP) is 13.3. The molecule has 0 bridgehead atoms. The second-order valence-corrected chi connectivity index (χ2v) is 13.1. The lowest BCUT2D eigenvalue weighted by molar-refractivity contribution is -0.142. The van der Waals surface area contributed by atoms with Gasteiger partial charge >= 0.3 is 0 Å². The first-order valence-corrected chi connectivity index (χ1v) is 19.6. The van der Waals surface area contributed by atoms with Gasteiger partial charge in [-0.2, -0.15) is 0 Å². The van der Waals surface area contributed by atoms with Gasteiger partial charge in [0, 0.05) is 48.5 Å². The Hall–Kier alpha value is -5.30. The van der Waals surface area contributed by atoms with E-state index in [9.17, 15) is 0 Å². The molecule has 0 aliphatic heterocycles. The summed E-state index contributed by atoms with van der Waals surface area (Å²) in [5.41, 5.74) is 14.4. The molecular weight excluding hydrogens is 820 g/mol. The van der Waals surface area contributed by atoms with Gasteiger partial charge in [0.2, 0.25) is 12.6 Å². The van der Waals surface area contributed by atoms with Crippen LogP contribution in [0, 0.1) is 0 Å². The number of halogens is 1. The van der Waals surface area contributed by atoms with Gasteiger partial charge in [-0.05, 0) is 139 Å². The van der Waals surface area contributed by atoms with E-state index in [0.717, 1.165) is 66.7 Å². The standard InChI is InChI=1S/C23H26N2O3.C13H13NO.C10H14BrNO2.3CH4/c1-4-27-23(28-5-2)22-13-12-20(16-24-22)25-19-10-6-8-17(14-19)18-9-7-11-21(15-18)26-3;1-15-13-7-3-5-11(9-13)10-4-2-6-12(14)8-10;1-3-13-10(14-4-2)9-6-5-8(11)7-12-9;;;/h6-16,23,25H,4-5H2,1-3H3;2-9H,14H2,1H3;5-7,10H,3-4H2,1-2H3;3*1H4. The molecule has 0 amide bonds. The zero-order valence-corrected chi connectivity index (χ0v) is 35.1. The van der Waals surface area contributed by atoms with E-state index in [1.54, 1.807) is 26.6 Å². The summed E-state index contributed by atoms with van der Waals surface area (Å²) in [5.74, 6) is 1.70. The molecule has 0 aliphatic rings. The highest BCUT2D eigenvalue weighted by Gasteiger charge is 2.13. The third-order valence-electron chi connectivity index (χ3n) is 8.14. The van der Waals surface area contributed by atoms with Crippen molar-refractivity contribution < 1.29 is 28.4 Å². The minimum absolute atomic E-state index is 0. The number of nitrogens with two attached hydrogens (primary N) is 1. The summed E-state index contributed by atoms with van der Waals surface area (Å²) in [6.45, 7) is 10.1. The molecule has 0 saturated carbocycles. The van der Waals surface area contributed by atoms with Crippen LogP contribution in [0.25, 0.3) is 22.3 Å². The Morgan fingerprint density at radius 1 is 0.517 bits per heavy atom. The van der Waals surface area contributed by atoms with Crippen LogP contribution in [0.3, 0.4) is 0 Å². The van der Waals surface area contributed by atoms with E-state index < -0.39 is 6.29 Å². The summed E-state index contributed by atoms with van der Waals surface area (Å²) >= 11 is 3.33. The SMILES string of the molecule is C.C.C.CCOC(OCC)c1ccc(Br)cn1.CCOC(OCC)c1ccc(Nc2cccc(-c3cccc(OC)c3)c2)cn1.COc1cccc(-c2cccc(N)c2)c1. The molecule has 6 aromatic rings. The summed E-state index contributed by atoms with van der Waals surface area (Å²) < 4.78 is 33.5. The normalized spacial score (nSPS) is 10.1. The van der Waals surface area contributed by atoms with Crippen molar-refractivity contribution in [3.8, 4) is 33.8 Å². The maximum absolute atomic E-state index is 5.74. The molecule has 4 aromatic carbocycles. The van der Waals surface area contributed by atoms with Gasteiger partial charge in [0.15, 0.2) is 0 Å². The fourth-order valence-electron chi connectivity index (χ4n) is 5.46. The van der Waals surface area contributed by atoms with Gasteiger partial charge < -0.3 is 39.5 Å². The quantitative estimate of drug-likeness (QED) is 0.0718. The first kappa shape index (κ1) is 52.7. The minimum Gasteiger partial charge on any atom is -0.497 e. The smallest absolute Gasteiger partial charge is 0.201 e. The van der Waals surface area contributed by atoms with Gasteiger partial charge in [0.05, 0.1) is 37.5 Å². The maximum atomic E-state index is 5.74. The van der Waals surface area contributed by atoms with E-state index in [0.29, 0.717) is 26.4 Å². The Bertz CT molecular complexity index is 2040. The summed E-state index contributed by atoms with van der Waals surface area (Å²) in [6, 6.07) is 39.7. The van der Waals surface area contributed by atoms with Crippen molar-refractivity contribution in [2.75, 3.05) is 51.7 Å². The van der Waals surface area contributed by atoms with Crippen LogP contribution in [0.1, 0.15) is 73.9 Å². The Balaban J connectivity index is 0.000000479. The van der Waals surface area contributed by atoms with Crippen LogP contribution in [0.15, 0.2) is 138 Å². The number of pyridine rings is 2. The van der Waals surface area contributed by atoms with E-state index in [4.69, 9.17) is 34.2 Å². The molecule has 324 valence electrons. The van der Waals surface area contributed by atoms with Gasteiger partial charge in [-0.25, -0.2) is 0 Å². The second kappa shape index (κ2) is 29.0. The molecule has 2 heterocycles. The van der Waals surface area contributed by atoms with Gasteiger partial charge in [0.25, 0.3) is 0 Å². The Labute approximate surface area is 367 Å². The van der Waals surface area contributed by atoms with Crippen LogP contribution in [-0.4, -0.2) is 50.6 Å². The first-order chi connectivity index (χ1) is 27.8. The van der Waals surface area contributed by atoms with E-state index in [1.165, 1.54) is 0 Å². The number of aromatic nitrogens is 2. The molecule has 0 saturated heterocycles. The maximum Gasteiger partial charge on any atom is 0.201 e. The number of nitrogens with one attached hydrogen (secondary N) is 1. The molecule has 0 spiro atoms. The van der Waals surface area contributed by atoms with Crippen LogP contribution in [0.4, 0.5) is 17.1 Å². The van der Waals surface area contributed by atoms with Gasteiger partial charge in [-0.1, -0.05) is 70.8 Å². The lowest BCUT2D eigenvalue weighted by Crippen LogP contribution is -2.10. The Morgan fingerprint density at radius 3 is 1.37 bits per heavy atom. The number of hydrogen-bond acceptors (Lipinski definition) is 10. The molecule has 6 rings (SSSR count). The monoisotopic (exact) mass is 884 g/mol. The van der Waals surface area contributed by atoms with E-state index in [2.05, 4.69) is 49.4 Å². The highest BCUT2D eigenvalue weighted by molar-refractivity contribution is 9.10. The lowest BCUT2D eigenvalue weighted by Gasteiger charge is -2.16. The fraction of sp³-hybridized carbons (Fsp3) is 0.306. The molecular formula is C49H65BrN4O6. The van der Waals surface area contributed by atoms with Crippen molar-refractivity contribution >= 4 is 33.0 Å². The highest BCUT2D eigenvalue weighted by atomic mass is 79.9. The summed E-state index contributed by atoms with van der Waals surface area (Å²) in [4.78, 5) is 8.71. The van der Waals surface area contributed by atoms with Crippen molar-refractivity contribution in [1.82, 2.24) is 9.97 Å². The van der Waals surface area contributed by atoms with Crippen LogP contribution in [0.5, 0.6) is 11.5 Å². The number of ether oxygens (including phenoxy) is 6. The molecule has 10 nitrogen and oxygen atoms in total. The molecule has 0 unspecified atom stereocenters. The third kappa shape index (κ3) is 17.1. The van der Waals surface area contributed by atoms with Crippen molar-refractivity contribution in [2.24, 2.45) is 0 Å². The van der Waals surface area contributed by atoms with Crippen molar-refractivity contribution in [1.29, 1.82) is 0 Å². The van der Waals surface area contributed by atoms with Crippen LogP contribution < -0.4 is 20.5 Å². The Kier molecular flexibility index (Phi) is 25.5. The topological polar surface area (TPSA) is 119 Å². The van der Waals surface area contributed by atoms with Crippen LogP contribution in [0.2, 0.25) is 0 Å². The number of benzene rings is 4. The third-order valence-corrected chi connectivity index (χ3v) is 8.60. The number of methoxy groups -OCH3 is 2. The number of hydrogen-bond donors (Lipinski definition) is 2. The van der Waals surface area contributed by atoms with Gasteiger partial charge in [0.1, 0.15) is 11.5 Å². The molecule has 60 heavy (non-hydrogen) atoms. The fourth-order valence-corrected chi connectivity index (χ4v) is 5.69. The van der Waals surface area contributed by atoms with Crippen LogP contribution >= 0.6 is 15.9 Å². The summed E-state index contributed by atoms with van der Waals surface area (Å²) in [7, 11) is 3.34. The van der Waals surface area contributed by atoms with E-state index >= 15 is 0 Å². The molecule has 3 N–H and O–H groups in total. The molecule has 2 aromatic heterocycles. The lowest BCUT2D eigenvalue weighted by atomic mass is 10.0. The zero-order valence-electron chi connectivity index (χ0n) is 33.5. The van der Waals surface area contributed by atoms with E-state index in [1.807, 2.05) is 131 Å². The first-order valence-electron chi connectivity index (χ1n) is 18.9. The Morgan fingerprint density at radius 2 is 0.950 bits per heavy atom. The average Bonchev–Trinajstić information content (AvgIpc) is 3.25. The van der Waals surface area contributed by atoms with Gasteiger partial charge in [-0.3, -0.25) is 9.97 Å². The number of nitrogen functional groups attached to an aromatic ring is 1. The molecule has 0 aliphatic carbocycles. The largest absolute Gasteiger partial charge is 0.497 e. The molecule has 0 radical (unpaired) electrons. The number of nitrogens with zero attached hydrogens (tertiary/aromatic N) is 2. The molecule has 0 fully saturated rings. The predicted molar refractivity (Wildman–Crippen MR) is 253 cm³/mol. The number of rotatable bonds is 16. The van der Waals surface area contributed by atoms with Gasteiger partial charge in [-0.15, -0.1) is 0 Å². The number of anilines is 3. The van der Waals surface area contributed by atoms with Crippen molar-refractivity contribution in [2.45, 2.75) is 62.6 Å². The minimum atomic E-state index is -0.430. The summed E-state index contributed by atoms with van der Waals surface area (Å²) in [6.07, 6.45) is 2.75.